The molecule has 3 heteroatoms. The Labute approximate surface area is 106 Å². The summed E-state index contributed by atoms with van der Waals surface area (Å²) in [7, 11) is 0. The third-order valence-electron chi connectivity index (χ3n) is 3.60. The SMILES string of the molecule is CCCC1CCCCN1C(=O)CC(C)NCC. The predicted octanol–water partition coefficient (Wildman–Crippen LogP) is 2.56. The summed E-state index contributed by atoms with van der Waals surface area (Å²) in [5, 5.41) is 3.31. The van der Waals surface area contributed by atoms with E-state index in [9.17, 15) is 4.79 Å². The van der Waals surface area contributed by atoms with E-state index in [2.05, 4.69) is 31.0 Å². The van der Waals surface area contributed by atoms with E-state index in [0.717, 1.165) is 13.1 Å². The highest BCUT2D eigenvalue weighted by Crippen LogP contribution is 2.21. The minimum Gasteiger partial charge on any atom is -0.340 e. The number of carbonyl (C=O) groups is 1. The Bertz CT molecular complexity index is 228. The number of hydrogen-bond acceptors (Lipinski definition) is 2. The molecule has 17 heavy (non-hydrogen) atoms. The maximum Gasteiger partial charge on any atom is 0.224 e. The summed E-state index contributed by atoms with van der Waals surface area (Å²) in [6, 6.07) is 0.812. The smallest absolute Gasteiger partial charge is 0.224 e. The maximum absolute atomic E-state index is 12.3. The Kier molecular flexibility index (Phi) is 6.56. The van der Waals surface area contributed by atoms with Crippen LogP contribution in [0, 0.1) is 0 Å². The lowest BCUT2D eigenvalue weighted by atomic mass is 9.97. The monoisotopic (exact) mass is 240 g/mol. The van der Waals surface area contributed by atoms with Crippen LogP contribution in [-0.4, -0.2) is 36.0 Å². The van der Waals surface area contributed by atoms with Crippen molar-refractivity contribution < 1.29 is 4.79 Å². The summed E-state index contributed by atoms with van der Waals surface area (Å²) >= 11 is 0. The second-order valence-corrected chi connectivity index (χ2v) is 5.19. The highest BCUT2D eigenvalue weighted by atomic mass is 16.2. The Morgan fingerprint density at radius 1 is 1.41 bits per heavy atom. The van der Waals surface area contributed by atoms with E-state index >= 15 is 0 Å². The van der Waals surface area contributed by atoms with Crippen LogP contribution in [-0.2, 0) is 4.79 Å². The van der Waals surface area contributed by atoms with Crippen molar-refractivity contribution in [2.45, 2.75) is 71.4 Å². The fourth-order valence-electron chi connectivity index (χ4n) is 2.76. The van der Waals surface area contributed by atoms with Crippen molar-refractivity contribution in [1.29, 1.82) is 0 Å². The molecular weight excluding hydrogens is 212 g/mol. The molecule has 0 aromatic heterocycles. The summed E-state index contributed by atoms with van der Waals surface area (Å²) in [5.41, 5.74) is 0. The zero-order valence-corrected chi connectivity index (χ0v) is 11.7. The molecule has 0 aromatic carbocycles. The number of nitrogens with one attached hydrogen (secondary N) is 1. The van der Waals surface area contributed by atoms with Gasteiger partial charge in [-0.25, -0.2) is 0 Å². The topological polar surface area (TPSA) is 32.3 Å². The maximum atomic E-state index is 12.3. The van der Waals surface area contributed by atoms with E-state index in [4.69, 9.17) is 0 Å². The second kappa shape index (κ2) is 7.70. The van der Waals surface area contributed by atoms with Crippen molar-refractivity contribution in [3.8, 4) is 0 Å². The molecule has 1 heterocycles. The van der Waals surface area contributed by atoms with Crippen LogP contribution in [0.5, 0.6) is 0 Å². The van der Waals surface area contributed by atoms with Crippen LogP contribution in [0.25, 0.3) is 0 Å². The van der Waals surface area contributed by atoms with Crippen LogP contribution in [0.3, 0.4) is 0 Å². The summed E-state index contributed by atoms with van der Waals surface area (Å²) < 4.78 is 0. The first-order valence-corrected chi connectivity index (χ1v) is 7.21. The fourth-order valence-corrected chi connectivity index (χ4v) is 2.76. The first-order valence-electron chi connectivity index (χ1n) is 7.21. The van der Waals surface area contributed by atoms with E-state index in [-0.39, 0.29) is 0 Å². The summed E-state index contributed by atoms with van der Waals surface area (Å²) in [6.45, 7) is 8.30. The van der Waals surface area contributed by atoms with Gasteiger partial charge in [0.15, 0.2) is 0 Å². The van der Waals surface area contributed by atoms with E-state index < -0.39 is 0 Å². The number of carbonyl (C=O) groups excluding carboxylic acids is 1. The molecular formula is C14H28N2O. The minimum atomic E-state index is 0.303. The number of amides is 1. The van der Waals surface area contributed by atoms with Crippen LogP contribution in [0.4, 0.5) is 0 Å². The van der Waals surface area contributed by atoms with Crippen molar-refractivity contribution in [3.05, 3.63) is 0 Å². The zero-order valence-electron chi connectivity index (χ0n) is 11.7. The zero-order chi connectivity index (χ0) is 12.7. The Balaban J connectivity index is 2.46. The largest absolute Gasteiger partial charge is 0.340 e. The lowest BCUT2D eigenvalue weighted by Crippen LogP contribution is -2.45. The predicted molar refractivity (Wildman–Crippen MR) is 72.0 cm³/mol. The van der Waals surface area contributed by atoms with Gasteiger partial charge in [0.2, 0.25) is 5.91 Å². The van der Waals surface area contributed by atoms with Gasteiger partial charge >= 0.3 is 0 Å². The van der Waals surface area contributed by atoms with E-state index in [1.54, 1.807) is 0 Å². The lowest BCUT2D eigenvalue weighted by Gasteiger charge is -2.36. The molecule has 1 saturated heterocycles. The Hall–Kier alpha value is -0.570. The highest BCUT2D eigenvalue weighted by molar-refractivity contribution is 5.77. The number of piperidine rings is 1. The summed E-state index contributed by atoms with van der Waals surface area (Å²) in [5.74, 6) is 0.344. The van der Waals surface area contributed by atoms with E-state index in [0.29, 0.717) is 24.4 Å². The average molecular weight is 240 g/mol. The van der Waals surface area contributed by atoms with Gasteiger partial charge in [0.1, 0.15) is 0 Å². The number of nitrogens with zero attached hydrogens (tertiary/aromatic N) is 1. The molecule has 1 amide bonds. The van der Waals surface area contributed by atoms with Gasteiger partial charge in [0.05, 0.1) is 0 Å². The highest BCUT2D eigenvalue weighted by Gasteiger charge is 2.26. The van der Waals surface area contributed by atoms with Crippen LogP contribution < -0.4 is 5.32 Å². The fraction of sp³-hybridized carbons (Fsp3) is 0.929. The minimum absolute atomic E-state index is 0.303. The molecule has 0 bridgehead atoms. The molecule has 0 aromatic rings. The van der Waals surface area contributed by atoms with Crippen LogP contribution in [0.2, 0.25) is 0 Å². The van der Waals surface area contributed by atoms with Gasteiger partial charge in [-0.15, -0.1) is 0 Å². The second-order valence-electron chi connectivity index (χ2n) is 5.19. The lowest BCUT2D eigenvalue weighted by molar-refractivity contribution is -0.135. The first kappa shape index (κ1) is 14.5. The number of likely N-dealkylation sites (tertiary alicyclic amines) is 1. The first-order chi connectivity index (χ1) is 8.19. The van der Waals surface area contributed by atoms with Crippen molar-refractivity contribution in [2.75, 3.05) is 13.1 Å². The summed E-state index contributed by atoms with van der Waals surface area (Å²) in [6.07, 6.45) is 6.67. The Morgan fingerprint density at radius 3 is 2.82 bits per heavy atom. The number of rotatable bonds is 6. The van der Waals surface area contributed by atoms with E-state index in [1.807, 2.05) is 0 Å². The molecule has 0 saturated carbocycles. The Morgan fingerprint density at radius 2 is 2.18 bits per heavy atom. The summed E-state index contributed by atoms with van der Waals surface area (Å²) in [4.78, 5) is 14.4. The molecule has 0 aliphatic carbocycles. The molecule has 1 rings (SSSR count). The van der Waals surface area contributed by atoms with Crippen molar-refractivity contribution in [1.82, 2.24) is 10.2 Å². The van der Waals surface area contributed by atoms with E-state index in [1.165, 1.54) is 32.1 Å². The third-order valence-corrected chi connectivity index (χ3v) is 3.60. The third kappa shape index (κ3) is 4.66. The molecule has 1 aliphatic heterocycles. The van der Waals surface area contributed by atoms with Gasteiger partial charge in [-0.1, -0.05) is 20.3 Å². The molecule has 3 nitrogen and oxygen atoms in total. The standard InChI is InChI=1S/C14H28N2O/c1-4-8-13-9-6-7-10-16(13)14(17)11-12(3)15-5-2/h12-13,15H,4-11H2,1-3H3. The van der Waals surface area contributed by atoms with Crippen molar-refractivity contribution in [3.63, 3.8) is 0 Å². The molecule has 2 atom stereocenters. The molecule has 1 aliphatic rings. The van der Waals surface area contributed by atoms with Gasteiger partial charge in [0, 0.05) is 25.0 Å². The van der Waals surface area contributed by atoms with Crippen molar-refractivity contribution in [2.24, 2.45) is 0 Å². The molecule has 1 fully saturated rings. The average Bonchev–Trinajstić information content (AvgIpc) is 2.30. The normalized spacial score (nSPS) is 22.5. The van der Waals surface area contributed by atoms with Gasteiger partial charge < -0.3 is 10.2 Å². The van der Waals surface area contributed by atoms with Gasteiger partial charge in [-0.2, -0.15) is 0 Å². The molecule has 2 unspecified atom stereocenters. The number of hydrogen-bond donors (Lipinski definition) is 1. The quantitative estimate of drug-likeness (QED) is 0.774. The van der Waals surface area contributed by atoms with Crippen LogP contribution in [0.15, 0.2) is 0 Å². The molecule has 1 N–H and O–H groups in total. The van der Waals surface area contributed by atoms with Gasteiger partial charge in [-0.3, -0.25) is 4.79 Å². The molecule has 0 radical (unpaired) electrons. The van der Waals surface area contributed by atoms with Crippen LogP contribution >= 0.6 is 0 Å². The molecule has 100 valence electrons. The van der Waals surface area contributed by atoms with Crippen LogP contribution in [0.1, 0.15) is 59.3 Å². The van der Waals surface area contributed by atoms with Gasteiger partial charge in [-0.05, 0) is 39.2 Å². The van der Waals surface area contributed by atoms with Gasteiger partial charge in [0.25, 0.3) is 0 Å². The van der Waals surface area contributed by atoms with Crippen molar-refractivity contribution >= 4 is 5.91 Å². The molecule has 0 spiro atoms.